The van der Waals surface area contributed by atoms with Crippen molar-refractivity contribution in [3.63, 3.8) is 0 Å². The van der Waals surface area contributed by atoms with Gasteiger partial charge in [-0.2, -0.15) is 4.98 Å². The van der Waals surface area contributed by atoms with Gasteiger partial charge in [-0.3, -0.25) is 0 Å². The van der Waals surface area contributed by atoms with Gasteiger partial charge in [-0.25, -0.2) is 0 Å². The largest absolute Gasteiger partial charge is 0.396 e. The van der Waals surface area contributed by atoms with Gasteiger partial charge in [-0.1, -0.05) is 18.2 Å². The Hall–Kier alpha value is -1.96. The van der Waals surface area contributed by atoms with Crippen LogP contribution in [0.15, 0.2) is 34.9 Å². The lowest BCUT2D eigenvalue weighted by atomic mass is 9.96. The zero-order valence-corrected chi connectivity index (χ0v) is 13.9. The standard InChI is InChI=1S/C17H24N4O3/c1-20(7-8-22)9-14-10-21(11-15(14)12-23)17-18-16(24-19-17)13-5-3-2-4-6-13/h2-6,14-15,22-23H,7-12H2,1H3/t14-,15-/m1/s1. The highest BCUT2D eigenvalue weighted by molar-refractivity contribution is 5.54. The summed E-state index contributed by atoms with van der Waals surface area (Å²) in [4.78, 5) is 8.64. The molecule has 0 bridgehead atoms. The third-order valence-corrected chi connectivity index (χ3v) is 4.56. The summed E-state index contributed by atoms with van der Waals surface area (Å²) in [5.74, 6) is 1.56. The average molecular weight is 332 g/mol. The molecule has 1 aliphatic rings. The lowest BCUT2D eigenvalue weighted by Crippen LogP contribution is -2.33. The van der Waals surface area contributed by atoms with Crippen molar-refractivity contribution in [2.24, 2.45) is 11.8 Å². The first kappa shape index (κ1) is 16.9. The van der Waals surface area contributed by atoms with Gasteiger partial charge >= 0.3 is 0 Å². The molecule has 7 nitrogen and oxygen atoms in total. The summed E-state index contributed by atoms with van der Waals surface area (Å²) >= 11 is 0. The Bertz CT molecular complexity index is 634. The summed E-state index contributed by atoms with van der Waals surface area (Å²) in [5, 5.41) is 22.8. The molecule has 0 unspecified atom stereocenters. The molecule has 24 heavy (non-hydrogen) atoms. The van der Waals surface area contributed by atoms with Gasteiger partial charge in [-0.05, 0) is 30.3 Å². The first-order valence-electron chi connectivity index (χ1n) is 8.25. The van der Waals surface area contributed by atoms with Crippen molar-refractivity contribution >= 4 is 5.95 Å². The maximum atomic E-state index is 9.67. The van der Waals surface area contributed by atoms with Crippen LogP contribution in [0.3, 0.4) is 0 Å². The van der Waals surface area contributed by atoms with Gasteiger partial charge < -0.3 is 24.5 Å². The number of nitrogens with zero attached hydrogens (tertiary/aromatic N) is 4. The molecular weight excluding hydrogens is 308 g/mol. The Morgan fingerprint density at radius 3 is 2.67 bits per heavy atom. The van der Waals surface area contributed by atoms with Crippen LogP contribution in [0.1, 0.15) is 0 Å². The Morgan fingerprint density at radius 2 is 1.96 bits per heavy atom. The molecule has 7 heteroatoms. The van der Waals surface area contributed by atoms with Crippen molar-refractivity contribution in [3.8, 4) is 11.5 Å². The summed E-state index contributed by atoms with van der Waals surface area (Å²) in [6.45, 7) is 3.22. The van der Waals surface area contributed by atoms with Crippen molar-refractivity contribution in [1.82, 2.24) is 15.0 Å². The monoisotopic (exact) mass is 332 g/mol. The van der Waals surface area contributed by atoms with E-state index < -0.39 is 0 Å². The van der Waals surface area contributed by atoms with E-state index in [9.17, 15) is 5.11 Å². The zero-order valence-electron chi connectivity index (χ0n) is 13.9. The van der Waals surface area contributed by atoms with E-state index in [-0.39, 0.29) is 19.1 Å². The quantitative estimate of drug-likeness (QED) is 0.772. The third kappa shape index (κ3) is 3.75. The summed E-state index contributed by atoms with van der Waals surface area (Å²) < 4.78 is 5.38. The molecule has 130 valence electrons. The van der Waals surface area contributed by atoms with Crippen LogP contribution < -0.4 is 4.90 Å². The Morgan fingerprint density at radius 1 is 1.21 bits per heavy atom. The van der Waals surface area contributed by atoms with Crippen LogP contribution in [-0.2, 0) is 0 Å². The maximum Gasteiger partial charge on any atom is 0.266 e. The molecule has 1 saturated heterocycles. The Labute approximate surface area is 141 Å². The first-order chi connectivity index (χ1) is 11.7. The van der Waals surface area contributed by atoms with E-state index in [2.05, 4.69) is 19.9 Å². The molecule has 3 rings (SSSR count). The van der Waals surface area contributed by atoms with E-state index in [1.54, 1.807) is 0 Å². The second-order valence-electron chi connectivity index (χ2n) is 6.36. The van der Waals surface area contributed by atoms with Gasteiger partial charge in [0.15, 0.2) is 0 Å². The predicted octanol–water partition coefficient (Wildman–Crippen LogP) is 0.705. The Balaban J connectivity index is 1.68. The topological polar surface area (TPSA) is 85.9 Å². The molecule has 0 spiro atoms. The van der Waals surface area contributed by atoms with E-state index >= 15 is 0 Å². The van der Waals surface area contributed by atoms with Crippen LogP contribution >= 0.6 is 0 Å². The molecule has 2 aromatic rings. The number of benzene rings is 1. The number of aliphatic hydroxyl groups is 2. The first-order valence-corrected chi connectivity index (χ1v) is 8.25. The van der Waals surface area contributed by atoms with Gasteiger partial charge in [0.05, 0.1) is 6.61 Å². The average Bonchev–Trinajstić information content (AvgIpc) is 3.22. The molecule has 0 radical (unpaired) electrons. The molecule has 0 saturated carbocycles. The van der Waals surface area contributed by atoms with Crippen LogP contribution in [0.4, 0.5) is 5.95 Å². The number of likely N-dealkylation sites (N-methyl/N-ethyl adjacent to an activating group) is 1. The molecular formula is C17H24N4O3. The van der Waals surface area contributed by atoms with Gasteiger partial charge in [0.25, 0.3) is 11.8 Å². The fourth-order valence-corrected chi connectivity index (χ4v) is 3.22. The lowest BCUT2D eigenvalue weighted by molar-refractivity contribution is 0.160. The summed E-state index contributed by atoms with van der Waals surface area (Å²) in [6, 6.07) is 9.68. The Kier molecular flexibility index (Phi) is 5.44. The van der Waals surface area contributed by atoms with Crippen molar-refractivity contribution in [2.75, 3.05) is 51.3 Å². The highest BCUT2D eigenvalue weighted by Crippen LogP contribution is 2.28. The number of aromatic nitrogens is 2. The SMILES string of the molecule is CN(CCO)C[C@@H]1CN(c2noc(-c3ccccc3)n2)C[C@@H]1CO. The molecule has 1 fully saturated rings. The number of anilines is 1. The normalized spacial score (nSPS) is 20.9. The molecule has 1 aliphatic heterocycles. The van der Waals surface area contributed by atoms with Crippen molar-refractivity contribution in [3.05, 3.63) is 30.3 Å². The van der Waals surface area contributed by atoms with E-state index in [0.717, 1.165) is 18.7 Å². The van der Waals surface area contributed by atoms with Gasteiger partial charge in [0.2, 0.25) is 0 Å². The third-order valence-electron chi connectivity index (χ3n) is 4.56. The summed E-state index contributed by atoms with van der Waals surface area (Å²) in [6.07, 6.45) is 0. The molecule has 0 aliphatic carbocycles. The lowest BCUT2D eigenvalue weighted by Gasteiger charge is -2.22. The van der Waals surface area contributed by atoms with Gasteiger partial charge in [-0.15, -0.1) is 0 Å². The molecule has 2 heterocycles. The number of hydrogen-bond acceptors (Lipinski definition) is 7. The minimum Gasteiger partial charge on any atom is -0.396 e. The van der Waals surface area contributed by atoms with Crippen LogP contribution in [0.5, 0.6) is 0 Å². The fourth-order valence-electron chi connectivity index (χ4n) is 3.22. The van der Waals surface area contributed by atoms with Crippen LogP contribution in [0.25, 0.3) is 11.5 Å². The van der Waals surface area contributed by atoms with Crippen molar-refractivity contribution in [2.45, 2.75) is 0 Å². The fraction of sp³-hybridized carbons (Fsp3) is 0.529. The molecule has 1 aromatic carbocycles. The minimum atomic E-state index is 0.136. The molecule has 2 N–H and O–H groups in total. The second kappa shape index (κ2) is 7.74. The van der Waals surface area contributed by atoms with Crippen LogP contribution in [0, 0.1) is 11.8 Å². The van der Waals surface area contributed by atoms with Gasteiger partial charge in [0.1, 0.15) is 0 Å². The van der Waals surface area contributed by atoms with Crippen molar-refractivity contribution < 1.29 is 14.7 Å². The van der Waals surface area contributed by atoms with Crippen LogP contribution in [0.2, 0.25) is 0 Å². The zero-order chi connectivity index (χ0) is 16.9. The molecule has 0 amide bonds. The highest BCUT2D eigenvalue weighted by atomic mass is 16.5. The summed E-state index contributed by atoms with van der Waals surface area (Å²) in [5.41, 5.74) is 0.897. The van der Waals surface area contributed by atoms with E-state index in [1.165, 1.54) is 0 Å². The van der Waals surface area contributed by atoms with Gasteiger partial charge in [0, 0.05) is 44.3 Å². The van der Waals surface area contributed by atoms with Crippen LogP contribution in [-0.4, -0.2) is 71.7 Å². The van der Waals surface area contributed by atoms with Crippen molar-refractivity contribution in [1.29, 1.82) is 0 Å². The predicted molar refractivity (Wildman–Crippen MR) is 90.6 cm³/mol. The number of hydrogen-bond donors (Lipinski definition) is 2. The van der Waals surface area contributed by atoms with E-state index in [0.29, 0.717) is 30.8 Å². The maximum absolute atomic E-state index is 9.67. The van der Waals surface area contributed by atoms with E-state index in [1.807, 2.05) is 37.4 Å². The summed E-state index contributed by atoms with van der Waals surface area (Å²) in [7, 11) is 1.98. The second-order valence-corrected chi connectivity index (χ2v) is 6.36. The minimum absolute atomic E-state index is 0.136. The number of aliphatic hydroxyl groups excluding tert-OH is 2. The smallest absolute Gasteiger partial charge is 0.266 e. The van der Waals surface area contributed by atoms with E-state index in [4.69, 9.17) is 9.63 Å². The number of rotatable bonds is 7. The highest BCUT2D eigenvalue weighted by Gasteiger charge is 2.35. The molecule has 1 aromatic heterocycles. The molecule has 2 atom stereocenters.